The zero-order chi connectivity index (χ0) is 13.9. The SMILES string of the molecule is CC(N)C1CCCN(Cc2ccc3ccccc3n2)C1.Cl.Cl. The van der Waals surface area contributed by atoms with Gasteiger partial charge < -0.3 is 5.73 Å². The highest BCUT2D eigenvalue weighted by atomic mass is 35.5. The third-order valence-corrected chi connectivity index (χ3v) is 4.33. The molecule has 0 saturated carbocycles. The molecule has 5 heteroatoms. The number of benzene rings is 1. The Balaban J connectivity index is 0.00000121. The molecule has 1 aromatic carbocycles. The van der Waals surface area contributed by atoms with Gasteiger partial charge in [-0.05, 0) is 44.4 Å². The molecular formula is C17H25Cl2N3. The van der Waals surface area contributed by atoms with Crippen LogP contribution in [0.3, 0.4) is 0 Å². The molecule has 1 saturated heterocycles. The van der Waals surface area contributed by atoms with Gasteiger partial charge in [-0.2, -0.15) is 0 Å². The van der Waals surface area contributed by atoms with Gasteiger partial charge in [0.05, 0.1) is 11.2 Å². The molecule has 1 aliphatic rings. The zero-order valence-electron chi connectivity index (χ0n) is 12.9. The van der Waals surface area contributed by atoms with Crippen LogP contribution in [-0.2, 0) is 6.54 Å². The molecule has 22 heavy (non-hydrogen) atoms. The number of hydrogen-bond acceptors (Lipinski definition) is 3. The standard InChI is InChI=1S/C17H23N3.2ClH/c1-13(18)15-6-4-10-20(11-15)12-16-9-8-14-5-2-3-7-17(14)19-16;;/h2-3,5,7-9,13,15H,4,6,10-12,18H2,1H3;2*1H. The summed E-state index contributed by atoms with van der Waals surface area (Å²) in [7, 11) is 0. The first-order valence-corrected chi connectivity index (χ1v) is 7.55. The molecule has 2 N–H and O–H groups in total. The Morgan fingerprint density at radius 1 is 1.23 bits per heavy atom. The fourth-order valence-electron chi connectivity index (χ4n) is 3.09. The lowest BCUT2D eigenvalue weighted by Gasteiger charge is -2.34. The van der Waals surface area contributed by atoms with Gasteiger partial charge in [0.2, 0.25) is 0 Å². The number of para-hydroxylation sites is 1. The van der Waals surface area contributed by atoms with E-state index in [1.54, 1.807) is 0 Å². The summed E-state index contributed by atoms with van der Waals surface area (Å²) in [4.78, 5) is 7.26. The number of aromatic nitrogens is 1. The van der Waals surface area contributed by atoms with E-state index >= 15 is 0 Å². The minimum atomic E-state index is 0. The zero-order valence-corrected chi connectivity index (χ0v) is 14.6. The molecule has 122 valence electrons. The van der Waals surface area contributed by atoms with Gasteiger partial charge in [0.1, 0.15) is 0 Å². The van der Waals surface area contributed by atoms with Crippen LogP contribution in [0.1, 0.15) is 25.5 Å². The number of hydrogen-bond donors (Lipinski definition) is 1. The van der Waals surface area contributed by atoms with Crippen molar-refractivity contribution >= 4 is 35.7 Å². The molecule has 2 unspecified atom stereocenters. The Kier molecular flexibility index (Phi) is 7.57. The highest BCUT2D eigenvalue weighted by Crippen LogP contribution is 2.21. The van der Waals surface area contributed by atoms with Gasteiger partial charge in [0, 0.05) is 24.5 Å². The third kappa shape index (κ3) is 4.56. The molecule has 0 aliphatic carbocycles. The van der Waals surface area contributed by atoms with Gasteiger partial charge in [-0.15, -0.1) is 24.8 Å². The van der Waals surface area contributed by atoms with Gasteiger partial charge in [-0.25, -0.2) is 0 Å². The van der Waals surface area contributed by atoms with E-state index in [0.717, 1.165) is 30.8 Å². The predicted octanol–water partition coefficient (Wildman–Crippen LogP) is 3.64. The highest BCUT2D eigenvalue weighted by molar-refractivity contribution is 5.85. The van der Waals surface area contributed by atoms with Gasteiger partial charge in [-0.3, -0.25) is 9.88 Å². The van der Waals surface area contributed by atoms with Crippen molar-refractivity contribution in [3.05, 3.63) is 42.1 Å². The number of piperidine rings is 1. The molecule has 3 rings (SSSR count). The van der Waals surface area contributed by atoms with E-state index < -0.39 is 0 Å². The van der Waals surface area contributed by atoms with E-state index in [4.69, 9.17) is 10.7 Å². The largest absolute Gasteiger partial charge is 0.328 e. The monoisotopic (exact) mass is 341 g/mol. The van der Waals surface area contributed by atoms with Crippen LogP contribution in [0.25, 0.3) is 10.9 Å². The molecule has 0 spiro atoms. The van der Waals surface area contributed by atoms with Crippen LogP contribution >= 0.6 is 24.8 Å². The van der Waals surface area contributed by atoms with Crippen molar-refractivity contribution in [1.29, 1.82) is 0 Å². The molecule has 0 amide bonds. The smallest absolute Gasteiger partial charge is 0.0705 e. The van der Waals surface area contributed by atoms with Gasteiger partial charge in [-0.1, -0.05) is 24.3 Å². The second-order valence-electron chi connectivity index (χ2n) is 5.99. The summed E-state index contributed by atoms with van der Waals surface area (Å²) in [5, 5.41) is 1.21. The maximum Gasteiger partial charge on any atom is 0.0705 e. The van der Waals surface area contributed by atoms with Gasteiger partial charge in [0.25, 0.3) is 0 Å². The molecule has 2 atom stereocenters. The molecule has 2 aromatic rings. The third-order valence-electron chi connectivity index (χ3n) is 4.33. The summed E-state index contributed by atoms with van der Waals surface area (Å²) in [6.45, 7) is 5.33. The van der Waals surface area contributed by atoms with Crippen LogP contribution in [0.4, 0.5) is 0 Å². The Labute approximate surface area is 145 Å². The first-order chi connectivity index (χ1) is 9.72. The number of pyridine rings is 1. The maximum atomic E-state index is 6.05. The first-order valence-electron chi connectivity index (χ1n) is 7.55. The van der Waals surface area contributed by atoms with Gasteiger partial charge in [0.15, 0.2) is 0 Å². The van der Waals surface area contributed by atoms with E-state index in [1.165, 1.54) is 18.2 Å². The number of nitrogens with zero attached hydrogens (tertiary/aromatic N) is 2. The van der Waals surface area contributed by atoms with Crippen LogP contribution in [0.2, 0.25) is 0 Å². The van der Waals surface area contributed by atoms with Crippen molar-refractivity contribution in [3.63, 3.8) is 0 Å². The second-order valence-corrected chi connectivity index (χ2v) is 5.99. The molecule has 2 heterocycles. The molecular weight excluding hydrogens is 317 g/mol. The lowest BCUT2D eigenvalue weighted by molar-refractivity contribution is 0.153. The Hall–Kier alpha value is -0.870. The number of halogens is 2. The summed E-state index contributed by atoms with van der Waals surface area (Å²) in [5.74, 6) is 0.629. The summed E-state index contributed by atoms with van der Waals surface area (Å²) in [6, 6.07) is 12.9. The summed E-state index contributed by atoms with van der Waals surface area (Å²) < 4.78 is 0. The van der Waals surface area contributed by atoms with Crippen LogP contribution in [0, 0.1) is 5.92 Å². The minimum absolute atomic E-state index is 0. The van der Waals surface area contributed by atoms with Gasteiger partial charge >= 0.3 is 0 Å². The van der Waals surface area contributed by atoms with E-state index in [2.05, 4.69) is 42.2 Å². The lowest BCUT2D eigenvalue weighted by Crippen LogP contribution is -2.42. The van der Waals surface area contributed by atoms with Crippen molar-refractivity contribution in [2.45, 2.75) is 32.4 Å². The summed E-state index contributed by atoms with van der Waals surface area (Å²) in [5.41, 5.74) is 8.30. The summed E-state index contributed by atoms with van der Waals surface area (Å²) >= 11 is 0. The van der Waals surface area contributed by atoms with E-state index in [1.807, 2.05) is 6.07 Å². The molecule has 0 radical (unpaired) electrons. The van der Waals surface area contributed by atoms with E-state index in [-0.39, 0.29) is 24.8 Å². The highest BCUT2D eigenvalue weighted by Gasteiger charge is 2.22. The normalized spacial score (nSPS) is 20.0. The molecule has 1 fully saturated rings. The average Bonchev–Trinajstić information content (AvgIpc) is 2.47. The van der Waals surface area contributed by atoms with Crippen LogP contribution in [-0.4, -0.2) is 29.0 Å². The number of rotatable bonds is 3. The van der Waals surface area contributed by atoms with Crippen LogP contribution in [0.5, 0.6) is 0 Å². The molecule has 1 aromatic heterocycles. The van der Waals surface area contributed by atoms with Crippen LogP contribution < -0.4 is 5.73 Å². The molecule has 0 bridgehead atoms. The van der Waals surface area contributed by atoms with Crippen molar-refractivity contribution in [2.75, 3.05) is 13.1 Å². The second kappa shape index (κ2) is 8.68. The topological polar surface area (TPSA) is 42.1 Å². The quantitative estimate of drug-likeness (QED) is 0.926. The first kappa shape index (κ1) is 19.2. The van der Waals surface area contributed by atoms with E-state index in [9.17, 15) is 0 Å². The lowest BCUT2D eigenvalue weighted by atomic mass is 9.92. The summed E-state index contributed by atoms with van der Waals surface area (Å²) in [6.07, 6.45) is 2.51. The van der Waals surface area contributed by atoms with Crippen molar-refractivity contribution in [2.24, 2.45) is 11.7 Å². The number of fused-ring (bicyclic) bond motifs is 1. The Morgan fingerprint density at radius 2 is 2.00 bits per heavy atom. The maximum absolute atomic E-state index is 6.05. The van der Waals surface area contributed by atoms with E-state index in [0.29, 0.717) is 12.0 Å². The number of likely N-dealkylation sites (tertiary alicyclic amines) is 1. The number of nitrogens with two attached hydrogens (primary N) is 1. The van der Waals surface area contributed by atoms with Crippen molar-refractivity contribution in [3.8, 4) is 0 Å². The minimum Gasteiger partial charge on any atom is -0.328 e. The predicted molar refractivity (Wildman–Crippen MR) is 97.9 cm³/mol. The Bertz CT molecular complexity index is 589. The van der Waals surface area contributed by atoms with Crippen molar-refractivity contribution < 1.29 is 0 Å². The molecule has 1 aliphatic heterocycles. The van der Waals surface area contributed by atoms with Crippen molar-refractivity contribution in [1.82, 2.24) is 9.88 Å². The average molecular weight is 342 g/mol. The molecule has 3 nitrogen and oxygen atoms in total. The Morgan fingerprint density at radius 3 is 2.77 bits per heavy atom. The van der Waals surface area contributed by atoms with Crippen LogP contribution in [0.15, 0.2) is 36.4 Å². The fourth-order valence-corrected chi connectivity index (χ4v) is 3.09. The fraction of sp³-hybridized carbons (Fsp3) is 0.471.